The highest BCUT2D eigenvalue weighted by atomic mass is 35.5. The van der Waals surface area contributed by atoms with E-state index in [4.69, 9.17) is 25.8 Å². The molecular formula is C20H19ClN2O3. The van der Waals surface area contributed by atoms with Crippen LogP contribution in [0.15, 0.2) is 48.8 Å². The fourth-order valence-electron chi connectivity index (χ4n) is 2.98. The minimum absolute atomic E-state index is 0.0904. The summed E-state index contributed by atoms with van der Waals surface area (Å²) in [5.74, 6) is 1.35. The summed E-state index contributed by atoms with van der Waals surface area (Å²) in [6.45, 7) is 1.88. The predicted molar refractivity (Wildman–Crippen MR) is 99.8 cm³/mol. The molecule has 134 valence electrons. The van der Waals surface area contributed by atoms with E-state index in [9.17, 15) is 0 Å². The molecule has 1 aliphatic heterocycles. The summed E-state index contributed by atoms with van der Waals surface area (Å²) >= 11 is 6.31. The highest BCUT2D eigenvalue weighted by molar-refractivity contribution is 6.34. The Kier molecular flexibility index (Phi) is 5.18. The van der Waals surface area contributed by atoms with Crippen LogP contribution in [0.5, 0.6) is 11.5 Å². The zero-order chi connectivity index (χ0) is 17.8. The van der Waals surface area contributed by atoms with E-state index in [0.717, 1.165) is 18.4 Å². The number of halogens is 1. The topological polar surface area (TPSA) is 53.5 Å². The Labute approximate surface area is 156 Å². The highest BCUT2D eigenvalue weighted by Crippen LogP contribution is 2.35. The molecule has 2 aromatic carbocycles. The normalized spacial score (nSPS) is 15.1. The van der Waals surface area contributed by atoms with Gasteiger partial charge in [0.2, 0.25) is 0 Å². The molecule has 0 spiro atoms. The molecule has 1 aliphatic rings. The fraction of sp³-hybridized carbons (Fsp3) is 0.300. The summed E-state index contributed by atoms with van der Waals surface area (Å²) in [6, 6.07) is 13.8. The monoisotopic (exact) mass is 370 g/mol. The Bertz CT molecular complexity index is 883. The summed E-state index contributed by atoms with van der Waals surface area (Å²) in [5.41, 5.74) is 1.80. The summed E-state index contributed by atoms with van der Waals surface area (Å²) < 4.78 is 17.6. The molecule has 0 amide bonds. The molecule has 6 heteroatoms. The molecule has 0 aliphatic carbocycles. The molecule has 5 nitrogen and oxygen atoms in total. The van der Waals surface area contributed by atoms with E-state index < -0.39 is 0 Å². The SMILES string of the molecule is Clc1ncnc2cc(OCc3ccccc3)cc(OC3CCOCC3)c12. The largest absolute Gasteiger partial charge is 0.489 e. The van der Waals surface area contributed by atoms with Crippen LogP contribution in [-0.4, -0.2) is 29.3 Å². The van der Waals surface area contributed by atoms with Crippen molar-refractivity contribution in [2.75, 3.05) is 13.2 Å². The average molecular weight is 371 g/mol. The zero-order valence-corrected chi connectivity index (χ0v) is 15.0. The Morgan fingerprint density at radius 3 is 2.69 bits per heavy atom. The van der Waals surface area contributed by atoms with Crippen LogP contribution in [0.3, 0.4) is 0 Å². The molecule has 0 radical (unpaired) electrons. The van der Waals surface area contributed by atoms with Gasteiger partial charge in [-0.2, -0.15) is 0 Å². The van der Waals surface area contributed by atoms with E-state index in [2.05, 4.69) is 9.97 Å². The Balaban J connectivity index is 1.63. The van der Waals surface area contributed by atoms with E-state index in [1.165, 1.54) is 6.33 Å². The smallest absolute Gasteiger partial charge is 0.144 e. The van der Waals surface area contributed by atoms with Gasteiger partial charge in [0.05, 0.1) is 24.1 Å². The van der Waals surface area contributed by atoms with E-state index in [-0.39, 0.29) is 6.10 Å². The first kappa shape index (κ1) is 17.1. The molecular weight excluding hydrogens is 352 g/mol. The standard InChI is InChI=1S/C20H19ClN2O3/c21-20-19-17(22-13-23-20)10-16(25-12-14-4-2-1-3-5-14)11-18(19)26-15-6-8-24-9-7-15/h1-5,10-11,13,15H,6-9,12H2. The van der Waals surface area contributed by atoms with Gasteiger partial charge in [0.25, 0.3) is 0 Å². The highest BCUT2D eigenvalue weighted by Gasteiger charge is 2.19. The van der Waals surface area contributed by atoms with Gasteiger partial charge in [-0.25, -0.2) is 9.97 Å². The van der Waals surface area contributed by atoms with Gasteiger partial charge in [-0.05, 0) is 5.56 Å². The lowest BCUT2D eigenvalue weighted by molar-refractivity contribution is 0.0261. The first-order valence-corrected chi connectivity index (χ1v) is 9.03. The predicted octanol–water partition coefficient (Wildman–Crippen LogP) is 4.42. The van der Waals surface area contributed by atoms with Crippen LogP contribution in [0, 0.1) is 0 Å². The fourth-order valence-corrected chi connectivity index (χ4v) is 3.22. The quantitative estimate of drug-likeness (QED) is 0.622. The molecule has 0 saturated carbocycles. The van der Waals surface area contributed by atoms with E-state index in [1.807, 2.05) is 42.5 Å². The number of hydrogen-bond acceptors (Lipinski definition) is 5. The van der Waals surface area contributed by atoms with Gasteiger partial charge in [-0.15, -0.1) is 0 Å². The van der Waals surface area contributed by atoms with Crippen LogP contribution >= 0.6 is 11.6 Å². The third kappa shape index (κ3) is 3.89. The summed E-state index contributed by atoms with van der Waals surface area (Å²) in [5, 5.41) is 1.10. The molecule has 0 N–H and O–H groups in total. The second kappa shape index (κ2) is 7.89. The Morgan fingerprint density at radius 1 is 1.08 bits per heavy atom. The van der Waals surface area contributed by atoms with Crippen LogP contribution < -0.4 is 9.47 Å². The van der Waals surface area contributed by atoms with Crippen molar-refractivity contribution >= 4 is 22.5 Å². The number of fused-ring (bicyclic) bond motifs is 1. The molecule has 1 fully saturated rings. The number of nitrogens with zero attached hydrogens (tertiary/aromatic N) is 2. The summed E-state index contributed by atoms with van der Waals surface area (Å²) in [4.78, 5) is 8.42. The molecule has 26 heavy (non-hydrogen) atoms. The maximum atomic E-state index is 6.31. The number of ether oxygens (including phenoxy) is 3. The van der Waals surface area contributed by atoms with Crippen molar-refractivity contribution in [3.63, 3.8) is 0 Å². The molecule has 0 unspecified atom stereocenters. The van der Waals surface area contributed by atoms with Gasteiger partial charge < -0.3 is 14.2 Å². The van der Waals surface area contributed by atoms with Crippen molar-refractivity contribution in [3.05, 3.63) is 59.5 Å². The second-order valence-electron chi connectivity index (χ2n) is 6.18. The van der Waals surface area contributed by atoms with Crippen LogP contribution in [0.2, 0.25) is 5.15 Å². The lowest BCUT2D eigenvalue weighted by Gasteiger charge is -2.24. The van der Waals surface area contributed by atoms with E-state index >= 15 is 0 Å². The van der Waals surface area contributed by atoms with Gasteiger partial charge in [0.15, 0.2) is 0 Å². The van der Waals surface area contributed by atoms with Gasteiger partial charge in [-0.1, -0.05) is 41.9 Å². The van der Waals surface area contributed by atoms with E-state index in [1.54, 1.807) is 0 Å². The molecule has 1 aromatic heterocycles. The van der Waals surface area contributed by atoms with Gasteiger partial charge >= 0.3 is 0 Å². The lowest BCUT2D eigenvalue weighted by Crippen LogP contribution is -2.26. The summed E-state index contributed by atoms with van der Waals surface area (Å²) in [7, 11) is 0. The van der Waals surface area contributed by atoms with Crippen molar-refractivity contribution in [2.24, 2.45) is 0 Å². The van der Waals surface area contributed by atoms with Crippen molar-refractivity contribution in [1.29, 1.82) is 0 Å². The van der Waals surface area contributed by atoms with Crippen molar-refractivity contribution in [3.8, 4) is 11.5 Å². The average Bonchev–Trinajstić information content (AvgIpc) is 2.68. The Hall–Kier alpha value is -2.37. The van der Waals surface area contributed by atoms with Gasteiger partial charge in [-0.3, -0.25) is 0 Å². The van der Waals surface area contributed by atoms with Crippen LogP contribution in [-0.2, 0) is 11.3 Å². The van der Waals surface area contributed by atoms with Crippen LogP contribution in [0.1, 0.15) is 18.4 Å². The number of rotatable bonds is 5. The van der Waals surface area contributed by atoms with Crippen molar-refractivity contribution < 1.29 is 14.2 Å². The number of hydrogen-bond donors (Lipinski definition) is 0. The molecule has 3 aromatic rings. The second-order valence-corrected chi connectivity index (χ2v) is 6.54. The third-order valence-electron chi connectivity index (χ3n) is 4.34. The maximum absolute atomic E-state index is 6.31. The first-order valence-electron chi connectivity index (χ1n) is 8.65. The van der Waals surface area contributed by atoms with E-state index in [0.29, 0.717) is 47.4 Å². The maximum Gasteiger partial charge on any atom is 0.144 e. The molecule has 0 bridgehead atoms. The minimum Gasteiger partial charge on any atom is -0.489 e. The molecule has 2 heterocycles. The minimum atomic E-state index is 0.0904. The Morgan fingerprint density at radius 2 is 1.88 bits per heavy atom. The van der Waals surface area contributed by atoms with Crippen molar-refractivity contribution in [1.82, 2.24) is 9.97 Å². The van der Waals surface area contributed by atoms with Crippen LogP contribution in [0.4, 0.5) is 0 Å². The number of aromatic nitrogens is 2. The summed E-state index contributed by atoms with van der Waals surface area (Å²) in [6.07, 6.45) is 3.24. The van der Waals surface area contributed by atoms with Gasteiger partial charge in [0, 0.05) is 25.0 Å². The molecule has 4 rings (SSSR count). The molecule has 0 atom stereocenters. The third-order valence-corrected chi connectivity index (χ3v) is 4.63. The number of benzene rings is 2. The molecule has 1 saturated heterocycles. The van der Waals surface area contributed by atoms with Gasteiger partial charge in [0.1, 0.15) is 35.7 Å². The van der Waals surface area contributed by atoms with Crippen LogP contribution in [0.25, 0.3) is 10.9 Å². The zero-order valence-electron chi connectivity index (χ0n) is 14.2. The lowest BCUT2D eigenvalue weighted by atomic mass is 10.1. The van der Waals surface area contributed by atoms with Crippen molar-refractivity contribution in [2.45, 2.75) is 25.6 Å². The first-order chi connectivity index (χ1) is 12.8.